The van der Waals surface area contributed by atoms with E-state index in [1.807, 2.05) is 6.07 Å². The molecule has 3 rings (SSSR count). The van der Waals surface area contributed by atoms with Crippen molar-refractivity contribution in [2.45, 2.75) is 25.7 Å². The summed E-state index contributed by atoms with van der Waals surface area (Å²) in [6.07, 6.45) is 6.11. The van der Waals surface area contributed by atoms with Crippen molar-refractivity contribution in [3.8, 4) is 6.07 Å². The van der Waals surface area contributed by atoms with E-state index in [4.69, 9.17) is 5.26 Å². The molecule has 0 radical (unpaired) electrons. The van der Waals surface area contributed by atoms with Gasteiger partial charge in [0.25, 0.3) is 0 Å². The highest BCUT2D eigenvalue weighted by atomic mass is 16.5. The number of carbonyl (C=O) groups is 1. The fourth-order valence-electron chi connectivity index (χ4n) is 3.33. The molecule has 0 aliphatic carbocycles. The molecule has 4 nitrogen and oxygen atoms in total. The molecule has 2 heterocycles. The first kappa shape index (κ1) is 13.7. The third-order valence-electron chi connectivity index (χ3n) is 4.19. The van der Waals surface area contributed by atoms with Gasteiger partial charge in [0.05, 0.1) is 7.11 Å². The molecule has 2 aliphatic rings. The van der Waals surface area contributed by atoms with Crippen LogP contribution in [-0.2, 0) is 22.4 Å². The Labute approximate surface area is 124 Å². The molecule has 21 heavy (non-hydrogen) atoms. The number of esters is 1. The first-order chi connectivity index (χ1) is 10.2. The lowest BCUT2D eigenvalue weighted by Gasteiger charge is -2.37. The zero-order chi connectivity index (χ0) is 14.8. The van der Waals surface area contributed by atoms with E-state index in [1.54, 1.807) is 6.08 Å². The second-order valence-corrected chi connectivity index (χ2v) is 5.54. The van der Waals surface area contributed by atoms with Gasteiger partial charge >= 0.3 is 5.97 Å². The Morgan fingerprint density at radius 2 is 1.90 bits per heavy atom. The number of benzene rings is 1. The zero-order valence-electron chi connectivity index (χ0n) is 12.2. The molecule has 0 bridgehead atoms. The molecule has 2 aliphatic heterocycles. The monoisotopic (exact) mass is 282 g/mol. The van der Waals surface area contributed by atoms with Gasteiger partial charge in [-0.1, -0.05) is 0 Å². The van der Waals surface area contributed by atoms with Crippen molar-refractivity contribution in [2.75, 3.05) is 25.1 Å². The van der Waals surface area contributed by atoms with Crippen LogP contribution in [0.4, 0.5) is 5.69 Å². The smallest absolute Gasteiger partial charge is 0.348 e. The second kappa shape index (κ2) is 5.61. The van der Waals surface area contributed by atoms with E-state index in [0.717, 1.165) is 31.5 Å². The van der Waals surface area contributed by atoms with Crippen molar-refractivity contribution in [2.24, 2.45) is 0 Å². The first-order valence-electron chi connectivity index (χ1n) is 7.34. The minimum atomic E-state index is -0.578. The Morgan fingerprint density at radius 3 is 2.43 bits per heavy atom. The van der Waals surface area contributed by atoms with Crippen LogP contribution in [0.3, 0.4) is 0 Å². The van der Waals surface area contributed by atoms with E-state index in [9.17, 15) is 4.79 Å². The molecule has 0 spiro atoms. The maximum atomic E-state index is 11.5. The molecule has 0 unspecified atom stereocenters. The highest BCUT2D eigenvalue weighted by Crippen LogP contribution is 2.36. The highest BCUT2D eigenvalue weighted by Gasteiger charge is 2.24. The minimum Gasteiger partial charge on any atom is -0.465 e. The van der Waals surface area contributed by atoms with Crippen LogP contribution in [0.15, 0.2) is 17.7 Å². The maximum absolute atomic E-state index is 11.5. The van der Waals surface area contributed by atoms with Crippen molar-refractivity contribution < 1.29 is 9.53 Å². The zero-order valence-corrected chi connectivity index (χ0v) is 12.2. The van der Waals surface area contributed by atoms with Gasteiger partial charge in [0, 0.05) is 18.8 Å². The van der Waals surface area contributed by atoms with Gasteiger partial charge in [-0.2, -0.15) is 5.26 Å². The summed E-state index contributed by atoms with van der Waals surface area (Å²) in [5, 5.41) is 9.08. The van der Waals surface area contributed by atoms with E-state index in [0.29, 0.717) is 0 Å². The van der Waals surface area contributed by atoms with E-state index in [-0.39, 0.29) is 5.57 Å². The normalized spacial score (nSPS) is 17.0. The standard InChI is InChI=1S/C17H18N2O2/c1-21-17(20)15(11-18)10-12-8-13-4-2-6-19-7-3-5-14(9-12)16(13)19/h8-10H,2-7H2,1H3/b15-10+. The summed E-state index contributed by atoms with van der Waals surface area (Å²) >= 11 is 0. The van der Waals surface area contributed by atoms with Crippen molar-refractivity contribution in [1.29, 1.82) is 5.26 Å². The molecule has 0 amide bonds. The Bertz CT molecular complexity index is 624. The quantitative estimate of drug-likeness (QED) is 0.475. The Hall–Kier alpha value is -2.28. The lowest BCUT2D eigenvalue weighted by Crippen LogP contribution is -2.34. The molecule has 4 heteroatoms. The lowest BCUT2D eigenvalue weighted by molar-refractivity contribution is -0.135. The molecule has 0 aromatic heterocycles. The summed E-state index contributed by atoms with van der Waals surface area (Å²) in [7, 11) is 1.29. The first-order valence-corrected chi connectivity index (χ1v) is 7.34. The third-order valence-corrected chi connectivity index (χ3v) is 4.19. The van der Waals surface area contributed by atoms with Crippen LogP contribution in [0, 0.1) is 11.3 Å². The summed E-state index contributed by atoms with van der Waals surface area (Å²) in [6, 6.07) is 6.13. The SMILES string of the molecule is COC(=O)/C(C#N)=C/c1cc2c3c(c1)CCCN3CCC2. The van der Waals surface area contributed by atoms with Crippen molar-refractivity contribution in [1.82, 2.24) is 0 Å². The molecule has 0 fully saturated rings. The van der Waals surface area contributed by atoms with Crippen LogP contribution in [-0.4, -0.2) is 26.2 Å². The molecule has 0 saturated carbocycles. The molecule has 1 aromatic rings. The lowest BCUT2D eigenvalue weighted by atomic mass is 9.90. The molecular weight excluding hydrogens is 264 g/mol. The average Bonchev–Trinajstić information content (AvgIpc) is 2.52. The number of nitrogens with zero attached hydrogens (tertiary/aromatic N) is 2. The van der Waals surface area contributed by atoms with Gasteiger partial charge in [-0.15, -0.1) is 0 Å². The predicted molar refractivity (Wildman–Crippen MR) is 80.9 cm³/mol. The van der Waals surface area contributed by atoms with Crippen molar-refractivity contribution in [3.63, 3.8) is 0 Å². The molecular formula is C17H18N2O2. The topological polar surface area (TPSA) is 53.3 Å². The third kappa shape index (κ3) is 2.52. The van der Waals surface area contributed by atoms with Gasteiger partial charge in [-0.05, 0) is 60.6 Å². The fourth-order valence-corrected chi connectivity index (χ4v) is 3.33. The number of hydrogen-bond acceptors (Lipinski definition) is 4. The van der Waals surface area contributed by atoms with Gasteiger partial charge < -0.3 is 9.64 Å². The number of methoxy groups -OCH3 is 1. The second-order valence-electron chi connectivity index (χ2n) is 5.54. The maximum Gasteiger partial charge on any atom is 0.348 e. The largest absolute Gasteiger partial charge is 0.465 e. The van der Waals surface area contributed by atoms with Crippen LogP contribution in [0.25, 0.3) is 6.08 Å². The number of ether oxygens (including phenoxy) is 1. The average molecular weight is 282 g/mol. The summed E-state index contributed by atoms with van der Waals surface area (Å²) < 4.78 is 4.63. The Kier molecular flexibility index (Phi) is 3.66. The van der Waals surface area contributed by atoms with E-state index < -0.39 is 5.97 Å². The van der Waals surface area contributed by atoms with Gasteiger partial charge in [0.2, 0.25) is 0 Å². The number of rotatable bonds is 2. The van der Waals surface area contributed by atoms with E-state index in [2.05, 4.69) is 21.8 Å². The summed E-state index contributed by atoms with van der Waals surface area (Å²) in [5.74, 6) is -0.578. The van der Waals surface area contributed by atoms with Crippen LogP contribution < -0.4 is 4.90 Å². The van der Waals surface area contributed by atoms with Crippen LogP contribution in [0.5, 0.6) is 0 Å². The summed E-state index contributed by atoms with van der Waals surface area (Å²) in [6.45, 7) is 2.28. The van der Waals surface area contributed by atoms with Crippen molar-refractivity contribution >= 4 is 17.7 Å². The van der Waals surface area contributed by atoms with Gasteiger partial charge in [-0.25, -0.2) is 4.79 Å². The number of nitriles is 1. The van der Waals surface area contributed by atoms with Crippen LogP contribution in [0.2, 0.25) is 0 Å². The molecule has 108 valence electrons. The number of anilines is 1. The molecule has 1 aromatic carbocycles. The fraction of sp³-hybridized carbons (Fsp3) is 0.412. The number of carbonyl (C=O) groups excluding carboxylic acids is 1. The van der Waals surface area contributed by atoms with Crippen LogP contribution >= 0.6 is 0 Å². The van der Waals surface area contributed by atoms with Gasteiger partial charge in [-0.3, -0.25) is 0 Å². The number of hydrogen-bond donors (Lipinski definition) is 0. The summed E-state index contributed by atoms with van der Waals surface area (Å²) in [5.41, 5.74) is 5.04. The van der Waals surface area contributed by atoms with Gasteiger partial charge in [0.1, 0.15) is 11.6 Å². The van der Waals surface area contributed by atoms with Crippen LogP contribution in [0.1, 0.15) is 29.5 Å². The Morgan fingerprint density at radius 1 is 1.29 bits per heavy atom. The van der Waals surface area contributed by atoms with E-state index in [1.165, 1.54) is 36.8 Å². The summed E-state index contributed by atoms with van der Waals surface area (Å²) in [4.78, 5) is 14.0. The molecule has 0 saturated heterocycles. The van der Waals surface area contributed by atoms with Crippen molar-refractivity contribution in [3.05, 3.63) is 34.4 Å². The highest BCUT2D eigenvalue weighted by molar-refractivity contribution is 5.98. The predicted octanol–water partition coefficient (Wildman–Crippen LogP) is 2.47. The van der Waals surface area contributed by atoms with Gasteiger partial charge in [0.15, 0.2) is 0 Å². The van der Waals surface area contributed by atoms with E-state index >= 15 is 0 Å². The minimum absolute atomic E-state index is 0.0492. The molecule has 0 N–H and O–H groups in total. The molecule has 0 atom stereocenters. The number of aryl methyl sites for hydroxylation is 2. The Balaban J connectivity index is 2.04.